The molecule has 0 spiro atoms. The maximum Gasteiger partial charge on any atom is 0.320 e. The van der Waals surface area contributed by atoms with Gasteiger partial charge in [-0.25, -0.2) is 12.8 Å². The minimum Gasteiger partial charge on any atom is -0.480 e. The van der Waals surface area contributed by atoms with E-state index < -0.39 is 33.5 Å². The Morgan fingerprint density at radius 2 is 1.84 bits per heavy atom. The van der Waals surface area contributed by atoms with Crippen LogP contribution in [0.15, 0.2) is 29.2 Å². The van der Waals surface area contributed by atoms with E-state index in [1.807, 2.05) is 0 Å². The molecule has 0 fully saturated rings. The fraction of sp³-hybridized carbons (Fsp3) is 0.417. The van der Waals surface area contributed by atoms with Crippen LogP contribution in [0.25, 0.3) is 0 Å². The third-order valence-electron chi connectivity index (χ3n) is 2.60. The fourth-order valence-corrected chi connectivity index (χ4v) is 2.65. The first-order chi connectivity index (χ1) is 8.74. The van der Waals surface area contributed by atoms with Gasteiger partial charge in [-0.15, -0.1) is 0 Å². The maximum atomic E-state index is 12.7. The predicted octanol–water partition coefficient (Wildman–Crippen LogP) is 1.26. The van der Waals surface area contributed by atoms with Crippen molar-refractivity contribution in [2.24, 2.45) is 5.92 Å². The minimum atomic E-state index is -3.68. The summed E-state index contributed by atoms with van der Waals surface area (Å²) in [4.78, 5) is 10.9. The quantitative estimate of drug-likeness (QED) is 0.770. The number of carboxylic acid groups (broad SMARTS) is 1. The number of carboxylic acids is 1. The SMILES string of the molecule is CC(C)C(NCS(=O)(=O)c1ccc(F)cc1)C(=O)O. The summed E-state index contributed by atoms with van der Waals surface area (Å²) in [6.45, 7) is 3.35. The predicted molar refractivity (Wildman–Crippen MR) is 67.9 cm³/mol. The highest BCUT2D eigenvalue weighted by atomic mass is 32.2. The molecule has 2 N–H and O–H groups in total. The van der Waals surface area contributed by atoms with Gasteiger partial charge in [-0.2, -0.15) is 0 Å². The largest absolute Gasteiger partial charge is 0.480 e. The Kier molecular flexibility index (Phi) is 5.02. The second kappa shape index (κ2) is 6.12. The van der Waals surface area contributed by atoms with E-state index >= 15 is 0 Å². The number of hydrogen-bond donors (Lipinski definition) is 2. The normalized spacial score (nSPS) is 13.5. The van der Waals surface area contributed by atoms with Crippen molar-refractivity contribution in [3.63, 3.8) is 0 Å². The molecule has 1 aromatic rings. The second-order valence-corrected chi connectivity index (χ2v) is 6.47. The Morgan fingerprint density at radius 3 is 2.26 bits per heavy atom. The van der Waals surface area contributed by atoms with Crippen LogP contribution in [0.1, 0.15) is 13.8 Å². The number of sulfone groups is 1. The zero-order valence-electron chi connectivity index (χ0n) is 10.6. The van der Waals surface area contributed by atoms with Gasteiger partial charge in [0.05, 0.1) is 4.90 Å². The number of halogens is 1. The molecule has 1 unspecified atom stereocenters. The van der Waals surface area contributed by atoms with Crippen LogP contribution in [-0.2, 0) is 14.6 Å². The number of benzene rings is 1. The van der Waals surface area contributed by atoms with Crippen LogP contribution < -0.4 is 5.32 Å². The van der Waals surface area contributed by atoms with Crippen LogP contribution in [-0.4, -0.2) is 31.4 Å². The molecule has 1 rings (SSSR count). The van der Waals surface area contributed by atoms with Crippen LogP contribution in [0.5, 0.6) is 0 Å². The van der Waals surface area contributed by atoms with E-state index in [1.54, 1.807) is 13.8 Å². The molecule has 7 heteroatoms. The highest BCUT2D eigenvalue weighted by Crippen LogP contribution is 2.12. The first-order valence-electron chi connectivity index (χ1n) is 5.68. The van der Waals surface area contributed by atoms with Crippen molar-refractivity contribution in [2.75, 3.05) is 5.88 Å². The molecule has 106 valence electrons. The summed E-state index contributed by atoms with van der Waals surface area (Å²) in [7, 11) is -3.68. The monoisotopic (exact) mass is 289 g/mol. The van der Waals surface area contributed by atoms with E-state index in [1.165, 1.54) is 0 Å². The van der Waals surface area contributed by atoms with Crippen LogP contribution in [0, 0.1) is 11.7 Å². The van der Waals surface area contributed by atoms with Crippen molar-refractivity contribution in [2.45, 2.75) is 24.8 Å². The van der Waals surface area contributed by atoms with Gasteiger partial charge in [-0.05, 0) is 30.2 Å². The maximum absolute atomic E-state index is 12.7. The van der Waals surface area contributed by atoms with Crippen molar-refractivity contribution in [3.8, 4) is 0 Å². The summed E-state index contributed by atoms with van der Waals surface area (Å²) in [5.74, 6) is -2.39. The van der Waals surface area contributed by atoms with Gasteiger partial charge < -0.3 is 5.11 Å². The summed E-state index contributed by atoms with van der Waals surface area (Å²) < 4.78 is 36.5. The number of nitrogens with one attached hydrogen (secondary N) is 1. The van der Waals surface area contributed by atoms with E-state index in [-0.39, 0.29) is 10.8 Å². The van der Waals surface area contributed by atoms with Gasteiger partial charge in [0, 0.05) is 0 Å². The molecule has 0 saturated carbocycles. The minimum absolute atomic E-state index is 0.0469. The summed E-state index contributed by atoms with van der Waals surface area (Å²) >= 11 is 0. The van der Waals surface area contributed by atoms with E-state index in [4.69, 9.17) is 5.11 Å². The molecule has 1 aromatic carbocycles. The van der Waals surface area contributed by atoms with Gasteiger partial charge >= 0.3 is 5.97 Å². The molecule has 0 radical (unpaired) electrons. The number of carbonyl (C=O) groups is 1. The highest BCUT2D eigenvalue weighted by Gasteiger charge is 2.24. The number of aliphatic carboxylic acids is 1. The van der Waals surface area contributed by atoms with Gasteiger partial charge in [-0.3, -0.25) is 10.1 Å². The van der Waals surface area contributed by atoms with Crippen LogP contribution in [0.4, 0.5) is 4.39 Å². The summed E-state index contributed by atoms with van der Waals surface area (Å²) in [6, 6.07) is 3.44. The third kappa shape index (κ3) is 4.29. The molecule has 0 aliphatic carbocycles. The van der Waals surface area contributed by atoms with Crippen molar-refractivity contribution in [3.05, 3.63) is 30.1 Å². The van der Waals surface area contributed by atoms with E-state index in [2.05, 4.69) is 5.32 Å². The highest BCUT2D eigenvalue weighted by molar-refractivity contribution is 7.91. The summed E-state index contributed by atoms with van der Waals surface area (Å²) in [6.07, 6.45) is 0. The molecule has 1 atom stereocenters. The van der Waals surface area contributed by atoms with Gasteiger partial charge in [0.2, 0.25) is 0 Å². The Morgan fingerprint density at radius 1 is 1.32 bits per heavy atom. The molecule has 0 aromatic heterocycles. The number of hydrogen-bond acceptors (Lipinski definition) is 4. The molecule has 0 aliphatic heterocycles. The van der Waals surface area contributed by atoms with E-state index in [0.717, 1.165) is 24.3 Å². The molecular formula is C12H16FNO4S. The molecule has 0 aliphatic rings. The first kappa shape index (κ1) is 15.6. The molecule has 0 amide bonds. The van der Waals surface area contributed by atoms with Gasteiger partial charge in [-0.1, -0.05) is 13.8 Å². The molecule has 19 heavy (non-hydrogen) atoms. The smallest absolute Gasteiger partial charge is 0.320 e. The summed E-state index contributed by atoms with van der Waals surface area (Å²) in [5.41, 5.74) is 0. The fourth-order valence-electron chi connectivity index (χ4n) is 1.53. The van der Waals surface area contributed by atoms with Crippen LogP contribution in [0.3, 0.4) is 0 Å². The topological polar surface area (TPSA) is 83.5 Å². The lowest BCUT2D eigenvalue weighted by Crippen LogP contribution is -2.43. The molecule has 0 heterocycles. The third-order valence-corrected chi connectivity index (χ3v) is 4.14. The summed E-state index contributed by atoms with van der Waals surface area (Å²) in [5, 5.41) is 11.4. The molecule has 5 nitrogen and oxygen atoms in total. The van der Waals surface area contributed by atoms with Crippen molar-refractivity contribution in [1.29, 1.82) is 0 Å². The van der Waals surface area contributed by atoms with Crippen LogP contribution >= 0.6 is 0 Å². The Labute approximate surface area is 111 Å². The van der Waals surface area contributed by atoms with Gasteiger partial charge in [0.15, 0.2) is 9.84 Å². The van der Waals surface area contributed by atoms with E-state index in [9.17, 15) is 17.6 Å². The Bertz CT molecular complexity index is 539. The zero-order valence-corrected chi connectivity index (χ0v) is 11.4. The van der Waals surface area contributed by atoms with Crippen LogP contribution in [0.2, 0.25) is 0 Å². The molecule has 0 bridgehead atoms. The lowest BCUT2D eigenvalue weighted by molar-refractivity contribution is -0.140. The van der Waals surface area contributed by atoms with Gasteiger partial charge in [0.25, 0.3) is 0 Å². The van der Waals surface area contributed by atoms with Gasteiger partial charge in [0.1, 0.15) is 17.7 Å². The zero-order chi connectivity index (χ0) is 14.6. The molecular weight excluding hydrogens is 273 g/mol. The van der Waals surface area contributed by atoms with Crippen molar-refractivity contribution >= 4 is 15.8 Å². The Hall–Kier alpha value is -1.47. The average Bonchev–Trinajstić information content (AvgIpc) is 2.28. The Balaban J connectivity index is 2.80. The first-order valence-corrected chi connectivity index (χ1v) is 7.34. The average molecular weight is 289 g/mol. The lowest BCUT2D eigenvalue weighted by Gasteiger charge is -2.17. The number of rotatable bonds is 6. The van der Waals surface area contributed by atoms with Crippen molar-refractivity contribution < 1.29 is 22.7 Å². The van der Waals surface area contributed by atoms with E-state index in [0.29, 0.717) is 0 Å². The lowest BCUT2D eigenvalue weighted by atomic mass is 10.1. The molecule has 0 saturated heterocycles. The second-order valence-electron chi connectivity index (χ2n) is 4.48. The van der Waals surface area contributed by atoms with Crippen molar-refractivity contribution in [1.82, 2.24) is 5.32 Å². The standard InChI is InChI=1S/C12H16FNO4S/c1-8(2)11(12(15)16)14-7-19(17,18)10-5-3-9(13)4-6-10/h3-6,8,11,14H,7H2,1-2H3,(H,15,16).